The number of aromatic nitrogens is 2. The van der Waals surface area contributed by atoms with Gasteiger partial charge >= 0.3 is 6.18 Å². The van der Waals surface area contributed by atoms with Crippen molar-refractivity contribution in [3.8, 4) is 0 Å². The Kier molecular flexibility index (Phi) is 2.92. The van der Waals surface area contributed by atoms with Crippen molar-refractivity contribution >= 4 is 22.6 Å². The molecule has 0 saturated carbocycles. The minimum Gasteiger partial charge on any atom is -0.367 e. The summed E-state index contributed by atoms with van der Waals surface area (Å²) < 4.78 is 41.0. The smallest absolute Gasteiger partial charge is 0.367 e. The van der Waals surface area contributed by atoms with E-state index in [-0.39, 0.29) is 18.8 Å². The number of anilines is 2. The van der Waals surface area contributed by atoms with Crippen molar-refractivity contribution in [3.63, 3.8) is 0 Å². The van der Waals surface area contributed by atoms with E-state index in [9.17, 15) is 13.2 Å². The van der Waals surface area contributed by atoms with Gasteiger partial charge in [0, 0.05) is 24.6 Å². The van der Waals surface area contributed by atoms with E-state index in [1.165, 1.54) is 0 Å². The van der Waals surface area contributed by atoms with E-state index < -0.39 is 12.1 Å². The summed E-state index contributed by atoms with van der Waals surface area (Å²) in [6, 6.07) is 0. The van der Waals surface area contributed by atoms with Gasteiger partial charge in [0.25, 0.3) is 0 Å². The quantitative estimate of drug-likeness (QED) is 0.829. The Morgan fingerprint density at radius 2 is 1.94 bits per heavy atom. The molecule has 0 amide bonds. The topological polar surface area (TPSA) is 55.0 Å². The molecule has 1 aromatic heterocycles. The minimum absolute atomic E-state index is 0.114. The van der Waals surface area contributed by atoms with Gasteiger partial charge in [0.1, 0.15) is 0 Å². The highest BCUT2D eigenvalue weighted by atomic mass is 32.1. The molecule has 0 aromatic carbocycles. The summed E-state index contributed by atoms with van der Waals surface area (Å²) in [5.41, 5.74) is 5.36. The Bertz CT molecular complexity index is 356. The predicted octanol–water partition coefficient (Wildman–Crippen LogP) is 1.90. The Labute approximate surface area is 94.4 Å². The molecule has 1 aromatic rings. The van der Waals surface area contributed by atoms with E-state index in [0.29, 0.717) is 18.2 Å². The van der Waals surface area contributed by atoms with E-state index in [4.69, 9.17) is 5.73 Å². The van der Waals surface area contributed by atoms with Crippen molar-refractivity contribution in [2.75, 3.05) is 23.7 Å². The zero-order valence-corrected chi connectivity index (χ0v) is 9.18. The molecule has 2 heterocycles. The van der Waals surface area contributed by atoms with Crippen LogP contribution in [0.2, 0.25) is 0 Å². The number of nitrogens with two attached hydrogens (primary N) is 1. The van der Waals surface area contributed by atoms with Gasteiger partial charge in [0.05, 0.1) is 5.92 Å². The second-order valence-electron chi connectivity index (χ2n) is 3.74. The average molecular weight is 252 g/mol. The fourth-order valence-corrected chi connectivity index (χ4v) is 2.40. The number of hydrogen-bond donors (Lipinski definition) is 1. The molecule has 0 unspecified atom stereocenters. The Balaban J connectivity index is 1.95. The highest BCUT2D eigenvalue weighted by Gasteiger charge is 2.41. The van der Waals surface area contributed by atoms with Crippen molar-refractivity contribution in [1.82, 2.24) is 9.36 Å². The molecular weight excluding hydrogens is 241 g/mol. The molecule has 90 valence electrons. The van der Waals surface area contributed by atoms with Crippen molar-refractivity contribution in [3.05, 3.63) is 0 Å². The lowest BCUT2D eigenvalue weighted by Gasteiger charge is -2.32. The van der Waals surface area contributed by atoms with E-state index in [1.54, 1.807) is 4.90 Å². The number of rotatable bonds is 1. The number of nitrogen functional groups attached to an aromatic ring is 1. The second-order valence-corrected chi connectivity index (χ2v) is 4.47. The van der Waals surface area contributed by atoms with Crippen LogP contribution in [0.25, 0.3) is 0 Å². The lowest BCUT2D eigenvalue weighted by atomic mass is 9.97. The highest BCUT2D eigenvalue weighted by molar-refractivity contribution is 7.09. The molecule has 8 heteroatoms. The molecule has 0 bridgehead atoms. The first kappa shape index (κ1) is 11.4. The second kappa shape index (κ2) is 4.08. The number of nitrogens with zero attached hydrogens (tertiary/aromatic N) is 3. The molecule has 1 fully saturated rings. The van der Waals surface area contributed by atoms with Gasteiger partial charge < -0.3 is 10.6 Å². The van der Waals surface area contributed by atoms with Crippen LogP contribution in [0.1, 0.15) is 12.8 Å². The molecule has 0 aliphatic carbocycles. The summed E-state index contributed by atoms with van der Waals surface area (Å²) in [5.74, 6) is -1.01. The largest absolute Gasteiger partial charge is 0.391 e. The first-order valence-corrected chi connectivity index (χ1v) is 5.65. The summed E-state index contributed by atoms with van der Waals surface area (Å²) >= 11 is 1.12. The van der Waals surface area contributed by atoms with Gasteiger partial charge in [-0.2, -0.15) is 22.5 Å². The van der Waals surface area contributed by atoms with Gasteiger partial charge in [0.2, 0.25) is 11.1 Å². The molecule has 0 spiro atoms. The van der Waals surface area contributed by atoms with Crippen LogP contribution >= 0.6 is 11.5 Å². The van der Waals surface area contributed by atoms with Gasteiger partial charge in [-0.15, -0.1) is 0 Å². The van der Waals surface area contributed by atoms with Crippen LogP contribution in [-0.4, -0.2) is 28.6 Å². The fourth-order valence-electron chi connectivity index (χ4n) is 1.75. The average Bonchev–Trinajstić information content (AvgIpc) is 2.64. The molecule has 2 N–H and O–H groups in total. The summed E-state index contributed by atoms with van der Waals surface area (Å²) in [7, 11) is 0. The van der Waals surface area contributed by atoms with Crippen LogP contribution in [-0.2, 0) is 0 Å². The standard InChI is InChI=1S/C8H11F3N4S/c9-8(10,11)5-1-3-15(4-2-5)7-13-6(12)14-16-7/h5H,1-4H2,(H2,12,14). The molecule has 2 rings (SSSR count). The van der Waals surface area contributed by atoms with E-state index in [2.05, 4.69) is 9.36 Å². The number of hydrogen-bond acceptors (Lipinski definition) is 5. The molecule has 1 aliphatic rings. The van der Waals surface area contributed by atoms with E-state index in [0.717, 1.165) is 11.5 Å². The highest BCUT2D eigenvalue weighted by Crippen LogP contribution is 2.35. The van der Waals surface area contributed by atoms with Crippen molar-refractivity contribution in [1.29, 1.82) is 0 Å². The van der Waals surface area contributed by atoms with Gasteiger partial charge in [-0.3, -0.25) is 0 Å². The molecule has 1 saturated heterocycles. The Hall–Kier alpha value is -1.05. The monoisotopic (exact) mass is 252 g/mol. The lowest BCUT2D eigenvalue weighted by Crippen LogP contribution is -2.38. The van der Waals surface area contributed by atoms with Crippen LogP contribution in [0, 0.1) is 5.92 Å². The maximum Gasteiger partial charge on any atom is 0.391 e. The molecule has 16 heavy (non-hydrogen) atoms. The normalized spacial score (nSPS) is 19.1. The van der Waals surface area contributed by atoms with Crippen molar-refractivity contribution in [2.45, 2.75) is 19.0 Å². The van der Waals surface area contributed by atoms with Crippen molar-refractivity contribution in [2.24, 2.45) is 5.92 Å². The van der Waals surface area contributed by atoms with E-state index >= 15 is 0 Å². The zero-order valence-electron chi connectivity index (χ0n) is 8.37. The summed E-state index contributed by atoms with van der Waals surface area (Å²) in [6.07, 6.45) is -3.85. The van der Waals surface area contributed by atoms with Crippen LogP contribution in [0.15, 0.2) is 0 Å². The maximum atomic E-state index is 12.4. The zero-order chi connectivity index (χ0) is 11.8. The van der Waals surface area contributed by atoms with Crippen LogP contribution in [0.3, 0.4) is 0 Å². The van der Waals surface area contributed by atoms with Gasteiger partial charge in [-0.25, -0.2) is 0 Å². The first-order chi connectivity index (χ1) is 7.47. The predicted molar refractivity (Wildman–Crippen MR) is 55.3 cm³/mol. The summed E-state index contributed by atoms with van der Waals surface area (Å²) in [4.78, 5) is 5.75. The molecule has 0 atom stereocenters. The van der Waals surface area contributed by atoms with Crippen LogP contribution < -0.4 is 10.6 Å². The number of halogens is 3. The number of piperidine rings is 1. The summed E-state index contributed by atoms with van der Waals surface area (Å²) in [6.45, 7) is 0.720. The van der Waals surface area contributed by atoms with Crippen molar-refractivity contribution < 1.29 is 13.2 Å². The molecule has 1 aliphatic heterocycles. The van der Waals surface area contributed by atoms with Crippen LogP contribution in [0.5, 0.6) is 0 Å². The first-order valence-electron chi connectivity index (χ1n) is 4.87. The minimum atomic E-state index is -4.08. The number of alkyl halides is 3. The van der Waals surface area contributed by atoms with Gasteiger partial charge in [-0.1, -0.05) is 0 Å². The fraction of sp³-hybridized carbons (Fsp3) is 0.750. The lowest BCUT2D eigenvalue weighted by molar-refractivity contribution is -0.179. The van der Waals surface area contributed by atoms with Gasteiger partial charge in [-0.05, 0) is 12.8 Å². The third-order valence-electron chi connectivity index (χ3n) is 2.66. The van der Waals surface area contributed by atoms with E-state index in [1.807, 2.05) is 0 Å². The SMILES string of the molecule is Nc1nsc(N2CCC(C(F)(F)F)CC2)n1. The third kappa shape index (κ3) is 2.37. The third-order valence-corrected chi connectivity index (χ3v) is 3.45. The Morgan fingerprint density at radius 3 is 2.38 bits per heavy atom. The van der Waals surface area contributed by atoms with Crippen LogP contribution in [0.4, 0.5) is 24.3 Å². The Morgan fingerprint density at radius 1 is 1.31 bits per heavy atom. The molecule has 0 radical (unpaired) electrons. The molecular formula is C8H11F3N4S. The van der Waals surface area contributed by atoms with Gasteiger partial charge in [0.15, 0.2) is 0 Å². The summed E-state index contributed by atoms with van der Waals surface area (Å²) in [5, 5.41) is 0.609. The maximum absolute atomic E-state index is 12.4. The molecule has 4 nitrogen and oxygen atoms in total.